The van der Waals surface area contributed by atoms with Crippen LogP contribution in [0.25, 0.3) is 10.9 Å². The lowest BCUT2D eigenvalue weighted by Crippen LogP contribution is -1.94. The maximum absolute atomic E-state index is 5.63. The Hall–Kier alpha value is -1.48. The van der Waals surface area contributed by atoms with Crippen molar-refractivity contribution in [2.75, 3.05) is 5.73 Å². The van der Waals surface area contributed by atoms with Gasteiger partial charge in [0.2, 0.25) is 0 Å². The Morgan fingerprint density at radius 1 is 1.25 bits per heavy atom. The smallest absolute Gasteiger partial charge is 0.0457 e. The van der Waals surface area contributed by atoms with E-state index in [4.69, 9.17) is 11.5 Å². The summed E-state index contributed by atoms with van der Waals surface area (Å²) in [6.45, 7) is 0.536. The maximum atomic E-state index is 5.63. The van der Waals surface area contributed by atoms with E-state index in [1.165, 1.54) is 0 Å². The number of hydrogen-bond acceptors (Lipinski definition) is 2. The fourth-order valence-electron chi connectivity index (χ4n) is 1.32. The van der Waals surface area contributed by atoms with Crippen molar-refractivity contribution >= 4 is 16.6 Å². The van der Waals surface area contributed by atoms with E-state index in [0.29, 0.717) is 6.54 Å². The number of fused-ring (bicyclic) bond motifs is 1. The van der Waals surface area contributed by atoms with Gasteiger partial charge in [0, 0.05) is 28.8 Å². The molecule has 62 valence electrons. The summed E-state index contributed by atoms with van der Waals surface area (Å²) in [6.07, 6.45) is 0. The van der Waals surface area contributed by atoms with Gasteiger partial charge in [0.05, 0.1) is 0 Å². The number of nitrogens with one attached hydrogen (secondary N) is 1. The van der Waals surface area contributed by atoms with Crippen molar-refractivity contribution in [1.82, 2.24) is 4.98 Å². The topological polar surface area (TPSA) is 67.8 Å². The van der Waals surface area contributed by atoms with Gasteiger partial charge in [0.15, 0.2) is 0 Å². The maximum Gasteiger partial charge on any atom is 0.0457 e. The van der Waals surface area contributed by atoms with Crippen molar-refractivity contribution in [2.45, 2.75) is 6.54 Å². The van der Waals surface area contributed by atoms with E-state index in [1.807, 2.05) is 24.3 Å². The third-order valence-corrected chi connectivity index (χ3v) is 1.92. The molecule has 0 fully saturated rings. The van der Waals surface area contributed by atoms with Gasteiger partial charge in [-0.15, -0.1) is 0 Å². The van der Waals surface area contributed by atoms with Gasteiger partial charge in [0.25, 0.3) is 0 Å². The zero-order valence-corrected chi connectivity index (χ0v) is 6.67. The zero-order valence-electron chi connectivity index (χ0n) is 6.67. The number of H-pyrrole nitrogens is 1. The van der Waals surface area contributed by atoms with Crippen LogP contribution in [0.15, 0.2) is 24.3 Å². The number of nitrogens with two attached hydrogens (primary N) is 2. The quantitative estimate of drug-likeness (QED) is 0.550. The minimum absolute atomic E-state index is 0.536. The van der Waals surface area contributed by atoms with Crippen LogP contribution in [0.5, 0.6) is 0 Å². The summed E-state index contributed by atoms with van der Waals surface area (Å²) in [5, 5.41) is 1.12. The van der Waals surface area contributed by atoms with Crippen molar-refractivity contribution in [3.8, 4) is 0 Å². The summed E-state index contributed by atoms with van der Waals surface area (Å²) in [5.41, 5.74) is 14.0. The minimum Gasteiger partial charge on any atom is -0.399 e. The van der Waals surface area contributed by atoms with E-state index in [2.05, 4.69) is 4.98 Å². The van der Waals surface area contributed by atoms with Crippen LogP contribution in [0.4, 0.5) is 5.69 Å². The summed E-state index contributed by atoms with van der Waals surface area (Å²) in [5.74, 6) is 0. The fraction of sp³-hybridized carbons (Fsp3) is 0.111. The van der Waals surface area contributed by atoms with E-state index < -0.39 is 0 Å². The van der Waals surface area contributed by atoms with Crippen molar-refractivity contribution in [2.24, 2.45) is 5.73 Å². The molecule has 3 heteroatoms. The molecule has 1 aromatic heterocycles. The number of benzene rings is 1. The molecule has 0 spiro atoms. The largest absolute Gasteiger partial charge is 0.399 e. The Morgan fingerprint density at radius 3 is 2.83 bits per heavy atom. The second-order valence-corrected chi connectivity index (χ2v) is 2.85. The van der Waals surface area contributed by atoms with Crippen molar-refractivity contribution in [1.29, 1.82) is 0 Å². The first-order valence-corrected chi connectivity index (χ1v) is 3.87. The highest BCUT2D eigenvalue weighted by atomic mass is 14.7. The van der Waals surface area contributed by atoms with Crippen LogP contribution in [0.1, 0.15) is 5.69 Å². The predicted octanol–water partition coefficient (Wildman–Crippen LogP) is 1.21. The molecule has 0 aliphatic rings. The Morgan fingerprint density at radius 2 is 2.08 bits per heavy atom. The van der Waals surface area contributed by atoms with E-state index in [-0.39, 0.29) is 0 Å². The summed E-state index contributed by atoms with van der Waals surface area (Å²) >= 11 is 0. The van der Waals surface area contributed by atoms with Crippen molar-refractivity contribution in [3.05, 3.63) is 30.0 Å². The van der Waals surface area contributed by atoms with E-state index in [9.17, 15) is 0 Å². The Kier molecular flexibility index (Phi) is 1.52. The Balaban J connectivity index is 2.67. The predicted molar refractivity (Wildman–Crippen MR) is 50.6 cm³/mol. The van der Waals surface area contributed by atoms with Gasteiger partial charge in [-0.2, -0.15) is 0 Å². The number of anilines is 1. The number of hydrogen-bond donors (Lipinski definition) is 3. The van der Waals surface area contributed by atoms with Gasteiger partial charge in [0.1, 0.15) is 0 Å². The molecule has 0 aliphatic carbocycles. The highest BCUT2D eigenvalue weighted by molar-refractivity contribution is 5.83. The van der Waals surface area contributed by atoms with Gasteiger partial charge < -0.3 is 16.5 Å². The number of aromatic nitrogens is 1. The minimum atomic E-state index is 0.536. The summed E-state index contributed by atoms with van der Waals surface area (Å²) in [7, 11) is 0. The van der Waals surface area contributed by atoms with Gasteiger partial charge in [-0.25, -0.2) is 0 Å². The van der Waals surface area contributed by atoms with Gasteiger partial charge >= 0.3 is 0 Å². The number of aromatic amines is 1. The lowest BCUT2D eigenvalue weighted by atomic mass is 10.2. The molecule has 0 aliphatic heterocycles. The van der Waals surface area contributed by atoms with Crippen LogP contribution in [-0.4, -0.2) is 4.98 Å². The van der Waals surface area contributed by atoms with Crippen molar-refractivity contribution in [3.63, 3.8) is 0 Å². The summed E-state index contributed by atoms with van der Waals surface area (Å²) in [6, 6.07) is 7.79. The SMILES string of the molecule is NCc1cc2cc(N)ccc2[nH]1. The number of rotatable bonds is 1. The molecule has 0 saturated heterocycles. The van der Waals surface area contributed by atoms with Crippen LogP contribution >= 0.6 is 0 Å². The molecule has 2 rings (SSSR count). The van der Waals surface area contributed by atoms with Crippen LogP contribution in [0.3, 0.4) is 0 Å². The van der Waals surface area contributed by atoms with Crippen LogP contribution < -0.4 is 11.5 Å². The molecule has 1 aromatic carbocycles. The molecule has 1 heterocycles. The zero-order chi connectivity index (χ0) is 8.55. The van der Waals surface area contributed by atoms with Gasteiger partial charge in [-0.1, -0.05) is 0 Å². The molecule has 12 heavy (non-hydrogen) atoms. The molecule has 0 amide bonds. The first-order chi connectivity index (χ1) is 5.79. The first-order valence-electron chi connectivity index (χ1n) is 3.87. The molecule has 3 nitrogen and oxygen atoms in total. The second kappa shape index (κ2) is 2.53. The molecule has 0 saturated carbocycles. The average molecular weight is 161 g/mol. The highest BCUT2D eigenvalue weighted by Crippen LogP contribution is 2.17. The van der Waals surface area contributed by atoms with E-state index in [0.717, 1.165) is 22.3 Å². The second-order valence-electron chi connectivity index (χ2n) is 2.85. The molecular weight excluding hydrogens is 150 g/mol. The summed E-state index contributed by atoms with van der Waals surface area (Å²) < 4.78 is 0. The van der Waals surface area contributed by atoms with Crippen molar-refractivity contribution < 1.29 is 0 Å². The van der Waals surface area contributed by atoms with Crippen LogP contribution in [-0.2, 0) is 6.54 Å². The lowest BCUT2D eigenvalue weighted by molar-refractivity contribution is 1.02. The monoisotopic (exact) mass is 161 g/mol. The molecule has 2 aromatic rings. The molecule has 0 bridgehead atoms. The third kappa shape index (κ3) is 1.04. The van der Waals surface area contributed by atoms with Gasteiger partial charge in [-0.05, 0) is 24.3 Å². The summed E-state index contributed by atoms with van der Waals surface area (Å²) in [4.78, 5) is 3.19. The molecule has 0 radical (unpaired) electrons. The molecule has 0 atom stereocenters. The first kappa shape index (κ1) is 7.18. The van der Waals surface area contributed by atoms with Crippen LogP contribution in [0.2, 0.25) is 0 Å². The number of nitrogen functional groups attached to an aromatic ring is 1. The van der Waals surface area contributed by atoms with E-state index >= 15 is 0 Å². The average Bonchev–Trinajstić information content (AvgIpc) is 2.46. The highest BCUT2D eigenvalue weighted by Gasteiger charge is 1.98. The molecule has 5 N–H and O–H groups in total. The lowest BCUT2D eigenvalue weighted by Gasteiger charge is -1.90. The standard InChI is InChI=1S/C9H11N3/c10-5-8-4-6-3-7(11)1-2-9(6)12-8/h1-4,12H,5,10-11H2. The Bertz CT molecular complexity index is 403. The third-order valence-electron chi connectivity index (χ3n) is 1.92. The molecule has 0 unspecified atom stereocenters. The fourth-order valence-corrected chi connectivity index (χ4v) is 1.32. The molecular formula is C9H11N3. The van der Waals surface area contributed by atoms with Gasteiger partial charge in [-0.3, -0.25) is 0 Å². The normalized spacial score (nSPS) is 10.8. The van der Waals surface area contributed by atoms with E-state index in [1.54, 1.807) is 0 Å². The Labute approximate surface area is 70.4 Å². The van der Waals surface area contributed by atoms with Crippen LogP contribution in [0, 0.1) is 0 Å².